The highest BCUT2D eigenvalue weighted by atomic mass is 16.5. The first-order chi connectivity index (χ1) is 12.4. The lowest BCUT2D eigenvalue weighted by molar-refractivity contribution is -0.131. The Hall–Kier alpha value is -1.04. The van der Waals surface area contributed by atoms with Crippen molar-refractivity contribution in [1.29, 1.82) is 0 Å². The predicted molar refractivity (Wildman–Crippen MR) is 109 cm³/mol. The van der Waals surface area contributed by atoms with Crippen molar-refractivity contribution in [2.75, 3.05) is 0 Å². The molecule has 1 N–H and O–H groups in total. The Balaban J connectivity index is 2.17. The summed E-state index contributed by atoms with van der Waals surface area (Å²) in [5.74, 6) is 0.540. The van der Waals surface area contributed by atoms with Gasteiger partial charge in [0.2, 0.25) is 13.8 Å². The number of hydrogen-bond acceptors (Lipinski definition) is 3. The number of nitrogens with zero attached hydrogens (tertiary/aromatic N) is 1. The molecule has 152 valence electrons. The summed E-state index contributed by atoms with van der Waals surface area (Å²) in [6, 6.07) is -0.0387. The first-order valence-electron chi connectivity index (χ1n) is 10.4. The van der Waals surface area contributed by atoms with Gasteiger partial charge in [-0.2, -0.15) is 0 Å². The summed E-state index contributed by atoms with van der Waals surface area (Å²) in [5, 5.41) is 3.17. The molecule has 0 aromatic rings. The smallest absolute Gasteiger partial charge is 0.223 e. The zero-order valence-electron chi connectivity index (χ0n) is 18.2. The SMILES string of the molecule is [B]C(=O)N1C(CC)C(CC2CCC(C)CC2C(=O)NC(C)(C)C)OC1(C)C. The minimum atomic E-state index is -0.706. The monoisotopic (exact) mass is 376 g/mol. The highest BCUT2D eigenvalue weighted by Crippen LogP contribution is 2.42. The van der Waals surface area contributed by atoms with Crippen LogP contribution in [0.1, 0.15) is 80.6 Å². The van der Waals surface area contributed by atoms with Crippen molar-refractivity contribution >= 4 is 19.6 Å². The molecule has 1 saturated heterocycles. The Morgan fingerprint density at radius 2 is 1.89 bits per heavy atom. The van der Waals surface area contributed by atoms with E-state index in [1.54, 1.807) is 4.90 Å². The van der Waals surface area contributed by atoms with Crippen LogP contribution in [-0.2, 0) is 9.53 Å². The van der Waals surface area contributed by atoms with Crippen molar-refractivity contribution in [3.05, 3.63) is 0 Å². The summed E-state index contributed by atoms with van der Waals surface area (Å²) in [4.78, 5) is 26.6. The van der Waals surface area contributed by atoms with Crippen LogP contribution in [0.5, 0.6) is 0 Å². The first kappa shape index (κ1) is 22.3. The van der Waals surface area contributed by atoms with Gasteiger partial charge in [-0.25, -0.2) is 0 Å². The maximum atomic E-state index is 13.0. The molecule has 2 aliphatic rings. The maximum absolute atomic E-state index is 13.0. The zero-order chi connectivity index (χ0) is 20.6. The summed E-state index contributed by atoms with van der Waals surface area (Å²) in [7, 11) is 5.64. The lowest BCUT2D eigenvalue weighted by Crippen LogP contribution is -2.48. The molecule has 6 heteroatoms. The molecule has 2 amide bonds. The normalized spacial score (nSPS) is 33.7. The second-order valence-electron chi connectivity index (χ2n) is 10.0. The minimum absolute atomic E-state index is 0.000165. The Labute approximate surface area is 166 Å². The van der Waals surface area contributed by atoms with E-state index in [0.29, 0.717) is 5.92 Å². The maximum Gasteiger partial charge on any atom is 0.223 e. The van der Waals surface area contributed by atoms with Crippen molar-refractivity contribution in [3.8, 4) is 0 Å². The summed E-state index contributed by atoms with van der Waals surface area (Å²) < 4.78 is 6.28. The molecular weight excluding hydrogens is 339 g/mol. The summed E-state index contributed by atoms with van der Waals surface area (Å²) in [6.07, 6.45) is 4.58. The largest absolute Gasteiger partial charge is 0.351 e. The molecule has 2 rings (SSSR count). The molecule has 5 atom stereocenters. The standard InChI is InChI=1S/C21H37BN2O3/c1-8-16-17(27-21(6,7)24(16)19(22)26)12-14-10-9-13(2)11-15(14)18(25)23-20(3,4)5/h13-17H,8-12H2,1-7H3,(H,23,25). The fraction of sp³-hybridized carbons (Fsp3) is 0.905. The minimum Gasteiger partial charge on any atom is -0.351 e. The molecule has 5 unspecified atom stereocenters. The van der Waals surface area contributed by atoms with E-state index in [0.717, 1.165) is 32.1 Å². The molecule has 1 aliphatic heterocycles. The topological polar surface area (TPSA) is 58.6 Å². The van der Waals surface area contributed by atoms with Crippen LogP contribution < -0.4 is 5.32 Å². The van der Waals surface area contributed by atoms with Gasteiger partial charge in [0.25, 0.3) is 0 Å². The number of ether oxygens (including phenoxy) is 1. The van der Waals surface area contributed by atoms with Crippen LogP contribution in [-0.4, -0.2) is 47.9 Å². The van der Waals surface area contributed by atoms with Crippen LogP contribution in [0, 0.1) is 17.8 Å². The molecule has 0 aromatic heterocycles. The van der Waals surface area contributed by atoms with Gasteiger partial charge < -0.3 is 15.0 Å². The fourth-order valence-electron chi connectivity index (χ4n) is 4.96. The van der Waals surface area contributed by atoms with Crippen molar-refractivity contribution in [2.24, 2.45) is 17.8 Å². The van der Waals surface area contributed by atoms with E-state index in [1.807, 2.05) is 34.6 Å². The van der Waals surface area contributed by atoms with Gasteiger partial charge in [-0.15, -0.1) is 0 Å². The van der Waals surface area contributed by atoms with E-state index in [2.05, 4.69) is 19.2 Å². The molecule has 1 heterocycles. The van der Waals surface area contributed by atoms with Crippen LogP contribution >= 0.6 is 0 Å². The zero-order valence-corrected chi connectivity index (χ0v) is 18.2. The number of carbonyl (C=O) groups excluding carboxylic acids is 2. The van der Waals surface area contributed by atoms with Crippen molar-refractivity contribution in [1.82, 2.24) is 10.2 Å². The molecular formula is C21H37BN2O3. The Morgan fingerprint density at radius 1 is 1.26 bits per heavy atom. The summed E-state index contributed by atoms with van der Waals surface area (Å²) in [5.41, 5.74) is -0.939. The molecule has 0 bridgehead atoms. The van der Waals surface area contributed by atoms with Crippen LogP contribution in [0.3, 0.4) is 0 Å². The van der Waals surface area contributed by atoms with Gasteiger partial charge in [-0.3, -0.25) is 9.59 Å². The lowest BCUT2D eigenvalue weighted by Gasteiger charge is -2.37. The number of rotatable bonds is 4. The van der Waals surface area contributed by atoms with Crippen molar-refractivity contribution < 1.29 is 14.3 Å². The number of hydrogen-bond donors (Lipinski definition) is 1. The van der Waals surface area contributed by atoms with Crippen LogP contribution in [0.15, 0.2) is 0 Å². The number of carbonyl (C=O) groups is 2. The first-order valence-corrected chi connectivity index (χ1v) is 10.4. The van der Waals surface area contributed by atoms with E-state index >= 15 is 0 Å². The van der Waals surface area contributed by atoms with Gasteiger partial charge in [0.1, 0.15) is 5.72 Å². The number of nitrogens with one attached hydrogen (secondary N) is 1. The third-order valence-electron chi connectivity index (χ3n) is 6.06. The van der Waals surface area contributed by atoms with Crippen LogP contribution in [0.25, 0.3) is 0 Å². The Morgan fingerprint density at radius 3 is 2.41 bits per heavy atom. The van der Waals surface area contributed by atoms with E-state index < -0.39 is 11.5 Å². The highest BCUT2D eigenvalue weighted by molar-refractivity contribution is 6.57. The third kappa shape index (κ3) is 5.27. The van der Waals surface area contributed by atoms with Gasteiger partial charge in [-0.05, 0) is 72.1 Å². The molecule has 1 saturated carbocycles. The van der Waals surface area contributed by atoms with Crippen molar-refractivity contribution in [3.63, 3.8) is 0 Å². The van der Waals surface area contributed by atoms with E-state index in [4.69, 9.17) is 12.6 Å². The molecule has 1 aliphatic carbocycles. The average Bonchev–Trinajstić information content (AvgIpc) is 2.77. The predicted octanol–water partition coefficient (Wildman–Crippen LogP) is 3.85. The lowest BCUT2D eigenvalue weighted by atomic mass is 9.71. The number of amides is 2. The molecule has 2 radical (unpaired) electrons. The second-order valence-corrected chi connectivity index (χ2v) is 10.0. The van der Waals surface area contributed by atoms with E-state index in [1.165, 1.54) is 0 Å². The van der Waals surface area contributed by atoms with Gasteiger partial charge in [-0.1, -0.05) is 20.3 Å². The third-order valence-corrected chi connectivity index (χ3v) is 6.06. The van der Waals surface area contributed by atoms with Gasteiger partial charge in [0.05, 0.1) is 12.1 Å². The van der Waals surface area contributed by atoms with E-state index in [-0.39, 0.29) is 35.4 Å². The average molecular weight is 376 g/mol. The molecule has 0 aromatic carbocycles. The quantitative estimate of drug-likeness (QED) is 0.759. The Bertz CT molecular complexity index is 558. The van der Waals surface area contributed by atoms with Crippen molar-refractivity contribution in [2.45, 2.75) is 104 Å². The van der Waals surface area contributed by atoms with Crippen LogP contribution in [0.4, 0.5) is 4.79 Å². The Kier molecular flexibility index (Phi) is 6.71. The summed E-state index contributed by atoms with van der Waals surface area (Å²) >= 11 is 0. The molecule has 2 fully saturated rings. The highest BCUT2D eigenvalue weighted by Gasteiger charge is 2.49. The van der Waals surface area contributed by atoms with Gasteiger partial charge in [0.15, 0.2) is 5.81 Å². The van der Waals surface area contributed by atoms with Gasteiger partial charge in [0, 0.05) is 11.5 Å². The molecule has 27 heavy (non-hydrogen) atoms. The van der Waals surface area contributed by atoms with E-state index in [9.17, 15) is 9.59 Å². The second kappa shape index (κ2) is 8.14. The van der Waals surface area contributed by atoms with Crippen LogP contribution in [0.2, 0.25) is 0 Å². The fourth-order valence-corrected chi connectivity index (χ4v) is 4.96. The van der Waals surface area contributed by atoms with Gasteiger partial charge >= 0.3 is 0 Å². The molecule has 5 nitrogen and oxygen atoms in total. The summed E-state index contributed by atoms with van der Waals surface area (Å²) in [6.45, 7) is 14.1. The molecule has 0 spiro atoms.